The third-order valence-corrected chi connectivity index (χ3v) is 5.36. The van der Waals surface area contributed by atoms with E-state index in [9.17, 15) is 8.42 Å². The van der Waals surface area contributed by atoms with Crippen LogP contribution in [0.5, 0.6) is 5.75 Å². The topological polar surface area (TPSA) is 55.9 Å². The number of benzene rings is 2. The normalized spacial score (nSPS) is 17.3. The molecular formula is C17H18O4S. The molecule has 3 rings (SSSR count). The second-order valence-corrected chi connectivity index (χ2v) is 7.45. The minimum Gasteiger partial charge on any atom is -0.489 e. The van der Waals surface area contributed by atoms with Crippen LogP contribution in [0.1, 0.15) is 11.1 Å². The summed E-state index contributed by atoms with van der Waals surface area (Å²) in [5, 5.41) is 0. The molecule has 0 spiro atoms. The molecule has 1 saturated heterocycles. The van der Waals surface area contributed by atoms with Gasteiger partial charge in [0.05, 0.1) is 11.5 Å². The maximum Gasteiger partial charge on any atom is 0.210 e. The van der Waals surface area contributed by atoms with E-state index in [4.69, 9.17) is 9.47 Å². The Morgan fingerprint density at radius 1 is 1.09 bits per heavy atom. The standard InChI is InChI=1S/C17H18O4S/c1-12-3-6-15(7-4-12)22(18,19)17-8-5-13(2)9-16(17)21-11-14-10-20-14/h3-9,14H,10-11H2,1-2H3. The first-order chi connectivity index (χ1) is 10.5. The van der Waals surface area contributed by atoms with Crippen molar-refractivity contribution in [1.82, 2.24) is 0 Å². The molecule has 1 atom stereocenters. The van der Waals surface area contributed by atoms with Crippen LogP contribution in [-0.2, 0) is 14.6 Å². The summed E-state index contributed by atoms with van der Waals surface area (Å²) in [6, 6.07) is 12.0. The van der Waals surface area contributed by atoms with Gasteiger partial charge in [0.25, 0.3) is 0 Å². The predicted molar refractivity (Wildman–Crippen MR) is 83.0 cm³/mol. The van der Waals surface area contributed by atoms with Gasteiger partial charge < -0.3 is 9.47 Å². The van der Waals surface area contributed by atoms with Crippen LogP contribution < -0.4 is 4.74 Å². The van der Waals surface area contributed by atoms with Crippen molar-refractivity contribution in [1.29, 1.82) is 0 Å². The summed E-state index contributed by atoms with van der Waals surface area (Å²) in [4.78, 5) is 0.470. The average Bonchev–Trinajstić information content (AvgIpc) is 3.29. The Morgan fingerprint density at radius 3 is 2.36 bits per heavy atom. The molecule has 1 fully saturated rings. The SMILES string of the molecule is Cc1ccc(S(=O)(=O)c2ccc(C)cc2OCC2CO2)cc1. The number of rotatable bonds is 5. The van der Waals surface area contributed by atoms with Crippen LogP contribution in [0.4, 0.5) is 0 Å². The highest BCUT2D eigenvalue weighted by Gasteiger charge is 2.26. The van der Waals surface area contributed by atoms with Crippen molar-refractivity contribution in [2.45, 2.75) is 29.7 Å². The van der Waals surface area contributed by atoms with Crippen molar-refractivity contribution in [3.63, 3.8) is 0 Å². The van der Waals surface area contributed by atoms with Gasteiger partial charge in [-0.1, -0.05) is 23.8 Å². The molecule has 0 amide bonds. The summed E-state index contributed by atoms with van der Waals surface area (Å²) >= 11 is 0. The predicted octanol–water partition coefficient (Wildman–Crippen LogP) is 2.91. The van der Waals surface area contributed by atoms with Crippen LogP contribution in [0.2, 0.25) is 0 Å². The molecule has 22 heavy (non-hydrogen) atoms. The fourth-order valence-corrected chi connectivity index (χ4v) is 3.52. The summed E-state index contributed by atoms with van der Waals surface area (Å²) in [6.07, 6.45) is 0.0791. The Bertz CT molecular complexity index is 775. The van der Waals surface area contributed by atoms with Crippen molar-refractivity contribution in [2.24, 2.45) is 0 Å². The van der Waals surface area contributed by atoms with Gasteiger partial charge in [0, 0.05) is 0 Å². The van der Waals surface area contributed by atoms with Crippen LogP contribution >= 0.6 is 0 Å². The fraction of sp³-hybridized carbons (Fsp3) is 0.294. The van der Waals surface area contributed by atoms with Gasteiger partial charge in [-0.2, -0.15) is 0 Å². The number of hydrogen-bond acceptors (Lipinski definition) is 4. The fourth-order valence-electron chi connectivity index (χ4n) is 2.14. The van der Waals surface area contributed by atoms with E-state index in [1.165, 1.54) is 0 Å². The first-order valence-corrected chi connectivity index (χ1v) is 8.62. The highest BCUT2D eigenvalue weighted by Crippen LogP contribution is 2.31. The van der Waals surface area contributed by atoms with Gasteiger partial charge in [0.1, 0.15) is 23.4 Å². The number of epoxide rings is 1. The van der Waals surface area contributed by atoms with Crippen LogP contribution in [0.25, 0.3) is 0 Å². The van der Waals surface area contributed by atoms with Crippen LogP contribution in [0, 0.1) is 13.8 Å². The van der Waals surface area contributed by atoms with Gasteiger partial charge in [-0.25, -0.2) is 8.42 Å². The molecule has 0 N–H and O–H groups in total. The highest BCUT2D eigenvalue weighted by molar-refractivity contribution is 7.91. The lowest BCUT2D eigenvalue weighted by Crippen LogP contribution is -2.09. The summed E-state index contributed by atoms with van der Waals surface area (Å²) in [5.74, 6) is 0.385. The van der Waals surface area contributed by atoms with Gasteiger partial charge in [0.2, 0.25) is 9.84 Å². The Labute approximate surface area is 130 Å². The zero-order valence-corrected chi connectivity index (χ0v) is 13.4. The molecule has 0 saturated carbocycles. The van der Waals surface area contributed by atoms with Crippen molar-refractivity contribution in [2.75, 3.05) is 13.2 Å². The molecule has 116 valence electrons. The Morgan fingerprint density at radius 2 is 1.73 bits per heavy atom. The highest BCUT2D eigenvalue weighted by atomic mass is 32.2. The average molecular weight is 318 g/mol. The molecule has 0 aliphatic carbocycles. The smallest absolute Gasteiger partial charge is 0.210 e. The maximum atomic E-state index is 12.8. The zero-order valence-electron chi connectivity index (χ0n) is 12.6. The lowest BCUT2D eigenvalue weighted by atomic mass is 10.2. The van der Waals surface area contributed by atoms with Gasteiger partial charge >= 0.3 is 0 Å². The molecule has 1 heterocycles. The van der Waals surface area contributed by atoms with E-state index < -0.39 is 9.84 Å². The molecule has 1 unspecified atom stereocenters. The summed E-state index contributed by atoms with van der Waals surface area (Å²) < 4.78 is 36.4. The second kappa shape index (κ2) is 5.74. The quantitative estimate of drug-likeness (QED) is 0.795. The minimum absolute atomic E-state index is 0.0791. The van der Waals surface area contributed by atoms with Crippen LogP contribution in [0.15, 0.2) is 52.3 Å². The van der Waals surface area contributed by atoms with E-state index in [0.29, 0.717) is 19.0 Å². The molecule has 0 aromatic heterocycles. The molecule has 2 aromatic carbocycles. The minimum atomic E-state index is -3.60. The Balaban J connectivity index is 1.99. The number of hydrogen-bond donors (Lipinski definition) is 0. The third kappa shape index (κ3) is 3.15. The summed E-state index contributed by atoms with van der Waals surface area (Å²) in [5.41, 5.74) is 1.97. The number of aryl methyl sites for hydroxylation is 2. The molecule has 0 bridgehead atoms. The molecule has 5 heteroatoms. The lowest BCUT2D eigenvalue weighted by Gasteiger charge is -2.12. The summed E-state index contributed by atoms with van der Waals surface area (Å²) in [6.45, 7) is 4.88. The maximum absolute atomic E-state index is 12.8. The molecule has 2 aromatic rings. The van der Waals surface area contributed by atoms with E-state index in [1.54, 1.807) is 42.5 Å². The molecular weight excluding hydrogens is 300 g/mol. The van der Waals surface area contributed by atoms with Crippen molar-refractivity contribution >= 4 is 9.84 Å². The van der Waals surface area contributed by atoms with E-state index in [2.05, 4.69) is 0 Å². The molecule has 1 aliphatic rings. The first-order valence-electron chi connectivity index (χ1n) is 7.13. The van der Waals surface area contributed by atoms with Gasteiger partial charge in [-0.05, 0) is 43.7 Å². The largest absolute Gasteiger partial charge is 0.489 e. The lowest BCUT2D eigenvalue weighted by molar-refractivity contribution is 0.258. The molecule has 1 aliphatic heterocycles. The Kier molecular flexibility index (Phi) is 3.93. The molecule has 4 nitrogen and oxygen atoms in total. The van der Waals surface area contributed by atoms with Crippen molar-refractivity contribution < 1.29 is 17.9 Å². The monoisotopic (exact) mass is 318 g/mol. The van der Waals surface area contributed by atoms with Gasteiger partial charge in [0.15, 0.2) is 0 Å². The van der Waals surface area contributed by atoms with E-state index in [-0.39, 0.29) is 15.9 Å². The number of sulfone groups is 1. The third-order valence-electron chi connectivity index (χ3n) is 3.55. The van der Waals surface area contributed by atoms with Crippen molar-refractivity contribution in [3.8, 4) is 5.75 Å². The van der Waals surface area contributed by atoms with Crippen molar-refractivity contribution in [3.05, 3.63) is 53.6 Å². The molecule has 0 radical (unpaired) electrons. The van der Waals surface area contributed by atoms with E-state index in [0.717, 1.165) is 11.1 Å². The second-order valence-electron chi connectivity index (χ2n) is 5.53. The van der Waals surface area contributed by atoms with Gasteiger partial charge in [-0.15, -0.1) is 0 Å². The number of ether oxygens (including phenoxy) is 2. The zero-order chi connectivity index (χ0) is 15.7. The van der Waals surface area contributed by atoms with E-state index >= 15 is 0 Å². The van der Waals surface area contributed by atoms with Gasteiger partial charge in [-0.3, -0.25) is 0 Å². The summed E-state index contributed by atoms with van der Waals surface area (Å²) in [7, 11) is -3.60. The van der Waals surface area contributed by atoms with Crippen LogP contribution in [0.3, 0.4) is 0 Å². The first kappa shape index (κ1) is 15.1. The Hall–Kier alpha value is -1.85. The van der Waals surface area contributed by atoms with E-state index in [1.807, 2.05) is 13.8 Å². The van der Waals surface area contributed by atoms with Crippen LogP contribution in [-0.4, -0.2) is 27.7 Å².